The molecule has 0 saturated carbocycles. The van der Waals surface area contributed by atoms with Crippen molar-refractivity contribution in [3.05, 3.63) is 0 Å². The lowest BCUT2D eigenvalue weighted by Crippen LogP contribution is -2.52. The Kier molecular flexibility index (Phi) is 7.44. The van der Waals surface area contributed by atoms with Crippen LogP contribution in [0, 0.1) is 0 Å². The summed E-state index contributed by atoms with van der Waals surface area (Å²) < 4.78 is 0. The summed E-state index contributed by atoms with van der Waals surface area (Å²) >= 11 is 0. The molecule has 0 aromatic carbocycles. The molecule has 0 fully saturated rings. The fourth-order valence-corrected chi connectivity index (χ4v) is 1.29. The molecule has 0 rings (SSSR count). The second kappa shape index (κ2) is 7.99. The van der Waals surface area contributed by atoms with E-state index in [0.717, 1.165) is 6.42 Å². The molecule has 100 valence electrons. The average Bonchev–Trinajstić information content (AvgIpc) is 2.24. The summed E-state index contributed by atoms with van der Waals surface area (Å²) in [5.41, 5.74) is 10.9. The highest BCUT2D eigenvalue weighted by atomic mass is 16.4. The van der Waals surface area contributed by atoms with Crippen LogP contribution in [0.1, 0.15) is 26.2 Å². The van der Waals surface area contributed by atoms with Crippen molar-refractivity contribution >= 4 is 11.9 Å². The summed E-state index contributed by atoms with van der Waals surface area (Å²) in [5, 5.41) is 20.1. The van der Waals surface area contributed by atoms with Crippen LogP contribution in [0.5, 0.6) is 0 Å². The van der Waals surface area contributed by atoms with Gasteiger partial charge in [-0.05, 0) is 26.3 Å². The third-order valence-corrected chi connectivity index (χ3v) is 2.35. The van der Waals surface area contributed by atoms with Gasteiger partial charge in [-0.3, -0.25) is 4.79 Å². The predicted octanol–water partition coefficient (Wildman–Crippen LogP) is -1.61. The number of unbranched alkanes of at least 4 members (excludes halogenated alkanes) is 1. The molecular weight excluding hydrogens is 226 g/mol. The molecule has 0 aliphatic heterocycles. The van der Waals surface area contributed by atoms with Gasteiger partial charge in [0, 0.05) is 0 Å². The van der Waals surface area contributed by atoms with Crippen LogP contribution >= 0.6 is 0 Å². The SMILES string of the molecule is CC(O)[C@H](NC(=O)[C@@H](N)CCCCN)C(=O)O. The first-order valence-corrected chi connectivity index (χ1v) is 5.57. The average molecular weight is 247 g/mol. The van der Waals surface area contributed by atoms with E-state index >= 15 is 0 Å². The number of hydrogen-bond donors (Lipinski definition) is 5. The van der Waals surface area contributed by atoms with E-state index in [1.54, 1.807) is 0 Å². The molecule has 0 aromatic rings. The van der Waals surface area contributed by atoms with Gasteiger partial charge in [0.1, 0.15) is 0 Å². The van der Waals surface area contributed by atoms with Crippen molar-refractivity contribution in [2.24, 2.45) is 11.5 Å². The third-order valence-electron chi connectivity index (χ3n) is 2.35. The van der Waals surface area contributed by atoms with Gasteiger partial charge in [-0.25, -0.2) is 4.79 Å². The Morgan fingerprint density at radius 2 is 1.94 bits per heavy atom. The highest BCUT2D eigenvalue weighted by Crippen LogP contribution is 2.00. The Morgan fingerprint density at radius 3 is 2.35 bits per heavy atom. The number of aliphatic hydroxyl groups excluding tert-OH is 1. The van der Waals surface area contributed by atoms with Crippen molar-refractivity contribution in [2.45, 2.75) is 44.4 Å². The number of carboxylic acid groups (broad SMARTS) is 1. The maximum Gasteiger partial charge on any atom is 0.328 e. The smallest absolute Gasteiger partial charge is 0.328 e. The number of carboxylic acids is 1. The Hall–Kier alpha value is -1.18. The first kappa shape index (κ1) is 15.8. The van der Waals surface area contributed by atoms with Crippen LogP contribution in [0.3, 0.4) is 0 Å². The lowest BCUT2D eigenvalue weighted by molar-refractivity contribution is -0.145. The number of rotatable bonds is 8. The number of carbonyl (C=O) groups excluding carboxylic acids is 1. The fraction of sp³-hybridized carbons (Fsp3) is 0.800. The van der Waals surface area contributed by atoms with Gasteiger partial charge in [0.15, 0.2) is 6.04 Å². The summed E-state index contributed by atoms with van der Waals surface area (Å²) in [6, 6.07) is -2.11. The Bertz CT molecular complexity index is 258. The third kappa shape index (κ3) is 6.20. The number of hydrogen-bond acceptors (Lipinski definition) is 5. The number of nitrogens with two attached hydrogens (primary N) is 2. The molecule has 0 spiro atoms. The van der Waals surface area contributed by atoms with Gasteiger partial charge in [0.2, 0.25) is 5.91 Å². The van der Waals surface area contributed by atoms with E-state index in [1.807, 2.05) is 0 Å². The second-order valence-electron chi connectivity index (χ2n) is 3.96. The van der Waals surface area contributed by atoms with Crippen LogP contribution in [-0.2, 0) is 9.59 Å². The van der Waals surface area contributed by atoms with Crippen molar-refractivity contribution in [1.29, 1.82) is 0 Å². The number of nitrogens with one attached hydrogen (secondary N) is 1. The normalized spacial score (nSPS) is 16.0. The van der Waals surface area contributed by atoms with Crippen molar-refractivity contribution in [3.8, 4) is 0 Å². The minimum absolute atomic E-state index is 0.440. The van der Waals surface area contributed by atoms with Gasteiger partial charge in [-0.15, -0.1) is 0 Å². The molecule has 0 heterocycles. The molecule has 7 heteroatoms. The minimum Gasteiger partial charge on any atom is -0.480 e. The Morgan fingerprint density at radius 1 is 1.35 bits per heavy atom. The maximum absolute atomic E-state index is 11.5. The van der Waals surface area contributed by atoms with Crippen molar-refractivity contribution in [3.63, 3.8) is 0 Å². The predicted molar refractivity (Wildman–Crippen MR) is 62.1 cm³/mol. The van der Waals surface area contributed by atoms with E-state index in [0.29, 0.717) is 19.4 Å². The highest BCUT2D eigenvalue weighted by molar-refractivity contribution is 5.87. The highest BCUT2D eigenvalue weighted by Gasteiger charge is 2.26. The van der Waals surface area contributed by atoms with Gasteiger partial charge in [0.25, 0.3) is 0 Å². The first-order valence-electron chi connectivity index (χ1n) is 5.57. The van der Waals surface area contributed by atoms with Crippen molar-refractivity contribution in [2.75, 3.05) is 6.54 Å². The molecular formula is C10H21N3O4. The van der Waals surface area contributed by atoms with Crippen LogP contribution in [0.15, 0.2) is 0 Å². The van der Waals surface area contributed by atoms with E-state index in [-0.39, 0.29) is 0 Å². The fourth-order valence-electron chi connectivity index (χ4n) is 1.29. The summed E-state index contributed by atoms with van der Waals surface area (Å²) in [5.74, 6) is -1.86. The Labute approximate surface area is 100 Å². The molecule has 0 radical (unpaired) electrons. The summed E-state index contributed by atoms with van der Waals surface area (Å²) in [6.45, 7) is 1.82. The minimum atomic E-state index is -1.33. The molecule has 0 aliphatic carbocycles. The van der Waals surface area contributed by atoms with E-state index in [9.17, 15) is 14.7 Å². The van der Waals surface area contributed by atoms with Crippen LogP contribution in [0.2, 0.25) is 0 Å². The molecule has 0 saturated heterocycles. The van der Waals surface area contributed by atoms with Gasteiger partial charge in [-0.2, -0.15) is 0 Å². The zero-order chi connectivity index (χ0) is 13.4. The lowest BCUT2D eigenvalue weighted by atomic mass is 10.1. The molecule has 0 aromatic heterocycles. The monoisotopic (exact) mass is 247 g/mol. The number of amides is 1. The molecule has 0 bridgehead atoms. The topological polar surface area (TPSA) is 139 Å². The first-order chi connectivity index (χ1) is 7.90. The molecule has 7 N–H and O–H groups in total. The molecule has 3 atom stereocenters. The van der Waals surface area contributed by atoms with E-state index in [4.69, 9.17) is 16.6 Å². The van der Waals surface area contributed by atoms with Crippen LogP contribution < -0.4 is 16.8 Å². The van der Waals surface area contributed by atoms with Crippen LogP contribution in [-0.4, -0.2) is 46.8 Å². The zero-order valence-electron chi connectivity index (χ0n) is 9.93. The molecule has 7 nitrogen and oxygen atoms in total. The lowest BCUT2D eigenvalue weighted by Gasteiger charge is -2.19. The second-order valence-corrected chi connectivity index (χ2v) is 3.96. The number of aliphatic hydroxyl groups is 1. The summed E-state index contributed by atoms with van der Waals surface area (Å²) in [4.78, 5) is 22.2. The largest absolute Gasteiger partial charge is 0.480 e. The van der Waals surface area contributed by atoms with Crippen LogP contribution in [0.25, 0.3) is 0 Å². The van der Waals surface area contributed by atoms with Gasteiger partial charge < -0.3 is 27.0 Å². The quantitative estimate of drug-likeness (QED) is 0.327. The van der Waals surface area contributed by atoms with E-state index < -0.39 is 30.1 Å². The summed E-state index contributed by atoms with van der Waals surface area (Å²) in [6.07, 6.45) is 0.736. The Balaban J connectivity index is 4.16. The maximum atomic E-state index is 11.5. The number of carbonyl (C=O) groups is 2. The van der Waals surface area contributed by atoms with Gasteiger partial charge in [0.05, 0.1) is 12.1 Å². The molecule has 1 amide bonds. The molecule has 1 unspecified atom stereocenters. The molecule has 17 heavy (non-hydrogen) atoms. The van der Waals surface area contributed by atoms with Gasteiger partial charge in [-0.1, -0.05) is 6.42 Å². The van der Waals surface area contributed by atoms with E-state index in [2.05, 4.69) is 5.32 Å². The molecule has 0 aliphatic rings. The van der Waals surface area contributed by atoms with Crippen molar-refractivity contribution in [1.82, 2.24) is 5.32 Å². The van der Waals surface area contributed by atoms with Crippen LogP contribution in [0.4, 0.5) is 0 Å². The summed E-state index contributed by atoms with van der Waals surface area (Å²) in [7, 11) is 0. The van der Waals surface area contributed by atoms with Gasteiger partial charge >= 0.3 is 5.97 Å². The van der Waals surface area contributed by atoms with E-state index in [1.165, 1.54) is 6.92 Å². The zero-order valence-corrected chi connectivity index (χ0v) is 9.93. The number of aliphatic carboxylic acids is 1. The van der Waals surface area contributed by atoms with Crippen molar-refractivity contribution < 1.29 is 19.8 Å². The standard InChI is InChI=1S/C10H21N3O4/c1-6(14)8(10(16)17)13-9(15)7(12)4-2-3-5-11/h6-8,14H,2-5,11-12H2,1H3,(H,13,15)(H,16,17)/t6?,7-,8-/m0/s1.